The van der Waals surface area contributed by atoms with E-state index in [2.05, 4.69) is 57.6 Å². The van der Waals surface area contributed by atoms with Crippen LogP contribution < -0.4 is 15.5 Å². The minimum Gasteiger partial charge on any atom is -0.374 e. The van der Waals surface area contributed by atoms with Crippen molar-refractivity contribution in [3.8, 4) is 0 Å². The summed E-state index contributed by atoms with van der Waals surface area (Å²) in [7, 11) is 4.13. The van der Waals surface area contributed by atoms with Gasteiger partial charge in [-0.3, -0.25) is 14.5 Å². The Labute approximate surface area is 202 Å². The van der Waals surface area contributed by atoms with E-state index in [9.17, 15) is 22.8 Å². The first-order valence-corrected chi connectivity index (χ1v) is 11.6. The Hall–Kier alpha value is -3.11. The molecular formula is C25H30F3N5O2. The first-order chi connectivity index (χ1) is 16.6. The quantitative estimate of drug-likeness (QED) is 0.633. The summed E-state index contributed by atoms with van der Waals surface area (Å²) < 4.78 is 38.8. The van der Waals surface area contributed by atoms with Gasteiger partial charge in [-0.15, -0.1) is 0 Å². The lowest BCUT2D eigenvalue weighted by Crippen LogP contribution is -2.49. The monoisotopic (exact) mass is 489 g/mol. The molecule has 2 amide bonds. The summed E-state index contributed by atoms with van der Waals surface area (Å²) in [6.45, 7) is 4.62. The number of carbonyl (C=O) groups is 2. The number of alkyl halides is 3. The maximum absolute atomic E-state index is 12.9. The number of halogens is 3. The molecule has 10 heteroatoms. The third-order valence-corrected chi connectivity index (χ3v) is 6.70. The van der Waals surface area contributed by atoms with Crippen molar-refractivity contribution in [1.82, 2.24) is 15.1 Å². The fourth-order valence-electron chi connectivity index (χ4n) is 4.62. The average Bonchev–Trinajstić information content (AvgIpc) is 3.20. The maximum Gasteiger partial charge on any atom is 0.416 e. The molecule has 7 nitrogen and oxygen atoms in total. The van der Waals surface area contributed by atoms with E-state index in [1.807, 2.05) is 0 Å². The highest BCUT2D eigenvalue weighted by Crippen LogP contribution is 2.32. The summed E-state index contributed by atoms with van der Waals surface area (Å²) in [5.74, 6) is -1.89. The lowest BCUT2D eigenvalue weighted by molar-refractivity contribution is -0.137. The number of fused-ring (bicyclic) bond motifs is 1. The number of hydrogen-bond acceptors (Lipinski definition) is 5. The molecule has 0 bridgehead atoms. The van der Waals surface area contributed by atoms with Gasteiger partial charge < -0.3 is 20.4 Å². The van der Waals surface area contributed by atoms with Crippen LogP contribution in [0.25, 0.3) is 0 Å². The molecule has 35 heavy (non-hydrogen) atoms. The van der Waals surface area contributed by atoms with Gasteiger partial charge in [-0.05, 0) is 48.9 Å². The zero-order valence-corrected chi connectivity index (χ0v) is 19.9. The van der Waals surface area contributed by atoms with Crippen molar-refractivity contribution in [2.75, 3.05) is 63.6 Å². The van der Waals surface area contributed by atoms with Gasteiger partial charge in [0.05, 0.1) is 11.6 Å². The molecule has 2 aromatic rings. The molecule has 1 saturated heterocycles. The fraction of sp³-hybridized carbons (Fsp3) is 0.440. The van der Waals surface area contributed by atoms with Crippen LogP contribution in [0.5, 0.6) is 0 Å². The van der Waals surface area contributed by atoms with Crippen LogP contribution in [0.4, 0.5) is 24.5 Å². The molecular weight excluding hydrogens is 459 g/mol. The zero-order chi connectivity index (χ0) is 25.2. The van der Waals surface area contributed by atoms with Gasteiger partial charge in [0.2, 0.25) is 0 Å². The van der Waals surface area contributed by atoms with Crippen LogP contribution in [0.15, 0.2) is 42.5 Å². The first kappa shape index (κ1) is 25.0. The summed E-state index contributed by atoms with van der Waals surface area (Å²) in [5, 5.41) is 4.96. The minimum atomic E-state index is -4.54. The molecule has 0 radical (unpaired) electrons. The van der Waals surface area contributed by atoms with Gasteiger partial charge in [0.1, 0.15) is 0 Å². The van der Waals surface area contributed by atoms with Gasteiger partial charge in [-0.1, -0.05) is 18.2 Å². The van der Waals surface area contributed by atoms with Gasteiger partial charge >= 0.3 is 18.0 Å². The molecule has 2 aliphatic rings. The van der Waals surface area contributed by atoms with Crippen LogP contribution in [0.1, 0.15) is 22.7 Å². The molecule has 0 aliphatic carbocycles. The fourth-order valence-corrected chi connectivity index (χ4v) is 4.62. The summed E-state index contributed by atoms with van der Waals surface area (Å²) in [5.41, 5.74) is 2.56. The topological polar surface area (TPSA) is 67.9 Å². The second kappa shape index (κ2) is 10.2. The SMILES string of the molecule is CN1CCN([C@H](CNC(=O)C(=O)Nc2cccc(C(F)(F)F)c2)c2ccc3c(c2)CCN3C)CC1. The number of amides is 2. The summed E-state index contributed by atoms with van der Waals surface area (Å²) in [4.78, 5) is 31.7. The molecule has 0 saturated carbocycles. The number of hydrogen-bond donors (Lipinski definition) is 2. The second-order valence-corrected chi connectivity index (χ2v) is 9.16. The van der Waals surface area contributed by atoms with E-state index in [0.29, 0.717) is 0 Å². The molecule has 2 aliphatic heterocycles. The van der Waals surface area contributed by atoms with E-state index in [4.69, 9.17) is 0 Å². The minimum absolute atomic E-state index is 0.0849. The van der Waals surface area contributed by atoms with Gasteiger partial charge in [0, 0.05) is 57.7 Å². The van der Waals surface area contributed by atoms with Crippen molar-refractivity contribution >= 4 is 23.2 Å². The lowest BCUT2D eigenvalue weighted by atomic mass is 10.00. The highest BCUT2D eigenvalue weighted by Gasteiger charge is 2.31. The number of nitrogens with zero attached hydrogens (tertiary/aromatic N) is 3. The Kier molecular flexibility index (Phi) is 7.32. The van der Waals surface area contributed by atoms with E-state index in [1.54, 1.807) is 0 Å². The second-order valence-electron chi connectivity index (χ2n) is 9.16. The predicted molar refractivity (Wildman–Crippen MR) is 128 cm³/mol. The van der Waals surface area contributed by atoms with Crippen LogP contribution >= 0.6 is 0 Å². The Morgan fingerprint density at radius 3 is 2.43 bits per heavy atom. The molecule has 2 heterocycles. The number of anilines is 2. The van der Waals surface area contributed by atoms with E-state index < -0.39 is 23.6 Å². The van der Waals surface area contributed by atoms with Gasteiger partial charge in [-0.2, -0.15) is 13.2 Å². The summed E-state index contributed by atoms with van der Waals surface area (Å²) in [6, 6.07) is 10.4. The predicted octanol–water partition coefficient (Wildman–Crippen LogP) is 2.74. The number of benzene rings is 2. The molecule has 4 rings (SSSR count). The van der Waals surface area contributed by atoms with E-state index in [1.165, 1.54) is 23.4 Å². The lowest BCUT2D eigenvalue weighted by Gasteiger charge is -2.38. The molecule has 0 spiro atoms. The Morgan fingerprint density at radius 2 is 1.71 bits per heavy atom. The third kappa shape index (κ3) is 5.94. The largest absolute Gasteiger partial charge is 0.416 e. The average molecular weight is 490 g/mol. The Balaban J connectivity index is 1.45. The van der Waals surface area contributed by atoms with E-state index in [-0.39, 0.29) is 18.3 Å². The van der Waals surface area contributed by atoms with Crippen LogP contribution in [-0.2, 0) is 22.2 Å². The highest BCUT2D eigenvalue weighted by atomic mass is 19.4. The Morgan fingerprint density at radius 1 is 0.971 bits per heavy atom. The van der Waals surface area contributed by atoms with Crippen LogP contribution in [-0.4, -0.2) is 75.0 Å². The highest BCUT2D eigenvalue weighted by molar-refractivity contribution is 6.39. The molecule has 0 aromatic heterocycles. The number of likely N-dealkylation sites (N-methyl/N-ethyl adjacent to an activating group) is 2. The van der Waals surface area contributed by atoms with Crippen LogP contribution in [0, 0.1) is 0 Å². The molecule has 1 fully saturated rings. The number of nitrogens with one attached hydrogen (secondary N) is 2. The van der Waals surface area contributed by atoms with Crippen molar-refractivity contribution in [2.45, 2.75) is 18.6 Å². The first-order valence-electron chi connectivity index (χ1n) is 11.6. The van der Waals surface area contributed by atoms with Gasteiger partial charge in [-0.25, -0.2) is 0 Å². The van der Waals surface area contributed by atoms with Crippen molar-refractivity contribution in [3.05, 3.63) is 59.2 Å². The van der Waals surface area contributed by atoms with Crippen LogP contribution in [0.2, 0.25) is 0 Å². The van der Waals surface area contributed by atoms with Crippen molar-refractivity contribution in [1.29, 1.82) is 0 Å². The standard InChI is InChI=1S/C25H30F3N5O2/c1-31-10-12-33(13-11-31)22(17-6-7-21-18(14-17)8-9-32(21)2)16-29-23(34)24(35)30-20-5-3-4-19(15-20)25(26,27)28/h3-7,14-15,22H,8-13,16H2,1-2H3,(H,29,34)(H,30,35)/t22-/m1/s1. The molecule has 188 valence electrons. The van der Waals surface area contributed by atoms with Gasteiger partial charge in [0.15, 0.2) is 0 Å². The van der Waals surface area contributed by atoms with Crippen LogP contribution in [0.3, 0.4) is 0 Å². The summed E-state index contributed by atoms with van der Waals surface area (Å²) in [6.07, 6.45) is -3.58. The zero-order valence-electron chi connectivity index (χ0n) is 19.9. The smallest absolute Gasteiger partial charge is 0.374 e. The number of carbonyl (C=O) groups excluding carboxylic acids is 2. The van der Waals surface area contributed by atoms with E-state index >= 15 is 0 Å². The molecule has 2 aromatic carbocycles. The Bertz CT molecular complexity index is 1080. The molecule has 0 unspecified atom stereocenters. The molecule has 1 atom stereocenters. The van der Waals surface area contributed by atoms with Crippen molar-refractivity contribution in [2.24, 2.45) is 0 Å². The number of rotatable bonds is 5. The van der Waals surface area contributed by atoms with E-state index in [0.717, 1.165) is 56.8 Å². The number of piperazine rings is 1. The summed E-state index contributed by atoms with van der Waals surface area (Å²) >= 11 is 0. The normalized spacial score (nSPS) is 17.7. The third-order valence-electron chi connectivity index (χ3n) is 6.70. The van der Waals surface area contributed by atoms with Crippen molar-refractivity contribution < 1.29 is 22.8 Å². The maximum atomic E-state index is 12.9. The van der Waals surface area contributed by atoms with Gasteiger partial charge in [0.25, 0.3) is 0 Å². The van der Waals surface area contributed by atoms with Crippen molar-refractivity contribution in [3.63, 3.8) is 0 Å². The molecule has 2 N–H and O–H groups in total.